The summed E-state index contributed by atoms with van der Waals surface area (Å²) >= 11 is 9.36. The molecule has 18 heavy (non-hydrogen) atoms. The second kappa shape index (κ2) is 5.67. The lowest BCUT2D eigenvalue weighted by Crippen LogP contribution is -2.00. The van der Waals surface area contributed by atoms with Crippen LogP contribution in [0.25, 0.3) is 0 Å². The highest BCUT2D eigenvalue weighted by Crippen LogP contribution is 2.23. The molecule has 0 fully saturated rings. The van der Waals surface area contributed by atoms with Crippen molar-refractivity contribution in [2.45, 2.75) is 13.3 Å². The number of rotatable bonds is 3. The van der Waals surface area contributed by atoms with Crippen LogP contribution < -0.4 is 4.74 Å². The molecule has 0 spiro atoms. The number of methoxy groups -OCH3 is 1. The minimum absolute atomic E-state index is 0.450. The number of benzene rings is 1. The molecule has 0 N–H and O–H groups in total. The molecule has 0 saturated heterocycles. The van der Waals surface area contributed by atoms with Crippen LogP contribution in [0.15, 0.2) is 28.7 Å². The molecule has 94 valence electrons. The molecule has 2 aromatic rings. The van der Waals surface area contributed by atoms with Crippen molar-refractivity contribution in [3.05, 3.63) is 51.0 Å². The maximum absolute atomic E-state index is 6.02. The lowest BCUT2D eigenvalue weighted by molar-refractivity contribution is 0.414. The van der Waals surface area contributed by atoms with Crippen molar-refractivity contribution in [3.63, 3.8) is 0 Å². The lowest BCUT2D eigenvalue weighted by Gasteiger charge is -2.06. The van der Waals surface area contributed by atoms with Gasteiger partial charge in [-0.05, 0) is 40.5 Å². The largest absolute Gasteiger partial charge is 0.497 e. The van der Waals surface area contributed by atoms with E-state index in [4.69, 9.17) is 16.3 Å². The average Bonchev–Trinajstić information content (AvgIpc) is 2.37. The topological polar surface area (TPSA) is 35.0 Å². The van der Waals surface area contributed by atoms with Crippen LogP contribution in [-0.4, -0.2) is 17.1 Å². The van der Waals surface area contributed by atoms with Crippen LogP contribution in [0, 0.1) is 6.92 Å². The van der Waals surface area contributed by atoms with Crippen LogP contribution in [0.2, 0.25) is 5.15 Å². The molecular weight excluding hydrogens is 316 g/mol. The normalized spacial score (nSPS) is 10.4. The molecule has 0 aliphatic heterocycles. The Balaban J connectivity index is 2.23. The summed E-state index contributed by atoms with van der Waals surface area (Å²) in [4.78, 5) is 8.65. The number of hydrogen-bond donors (Lipinski definition) is 0. The van der Waals surface area contributed by atoms with E-state index in [0.29, 0.717) is 17.4 Å². The molecule has 0 atom stereocenters. The van der Waals surface area contributed by atoms with Gasteiger partial charge in [-0.25, -0.2) is 9.97 Å². The zero-order chi connectivity index (χ0) is 13.1. The fourth-order valence-corrected chi connectivity index (χ4v) is 2.00. The quantitative estimate of drug-likeness (QED) is 0.804. The van der Waals surface area contributed by atoms with Gasteiger partial charge in [0.05, 0.1) is 17.3 Å². The Labute approximate surface area is 119 Å². The Kier molecular flexibility index (Phi) is 4.19. The second-order valence-electron chi connectivity index (χ2n) is 3.85. The number of hydrogen-bond acceptors (Lipinski definition) is 3. The maximum atomic E-state index is 6.02. The smallest absolute Gasteiger partial charge is 0.147 e. The number of ether oxygens (including phenoxy) is 1. The Morgan fingerprint density at radius 2 is 1.89 bits per heavy atom. The molecule has 0 unspecified atom stereocenters. The molecule has 0 amide bonds. The van der Waals surface area contributed by atoms with Gasteiger partial charge in [-0.15, -0.1) is 0 Å². The first-order chi connectivity index (χ1) is 8.60. The summed E-state index contributed by atoms with van der Waals surface area (Å²) < 4.78 is 5.87. The van der Waals surface area contributed by atoms with Crippen molar-refractivity contribution in [1.82, 2.24) is 9.97 Å². The molecule has 5 heteroatoms. The van der Waals surface area contributed by atoms with E-state index >= 15 is 0 Å². The van der Waals surface area contributed by atoms with Gasteiger partial charge in [-0.1, -0.05) is 23.7 Å². The minimum Gasteiger partial charge on any atom is -0.497 e. The highest BCUT2D eigenvalue weighted by molar-refractivity contribution is 9.10. The highest BCUT2D eigenvalue weighted by Gasteiger charge is 2.08. The van der Waals surface area contributed by atoms with Crippen LogP contribution in [-0.2, 0) is 6.42 Å². The van der Waals surface area contributed by atoms with Crippen molar-refractivity contribution < 1.29 is 4.74 Å². The zero-order valence-corrected chi connectivity index (χ0v) is 12.4. The molecule has 0 bridgehead atoms. The molecule has 0 saturated carbocycles. The Bertz CT molecular complexity index is 534. The standard InChI is InChI=1S/C13H12BrClN2O/c1-8-12(14)13(15)17-11(16-8)7-9-3-5-10(18-2)6-4-9/h3-6H,7H2,1-2H3. The predicted molar refractivity (Wildman–Crippen MR) is 75.3 cm³/mol. The predicted octanol–water partition coefficient (Wildman–Crippen LogP) is 3.80. The second-order valence-corrected chi connectivity index (χ2v) is 5.01. The van der Waals surface area contributed by atoms with E-state index in [9.17, 15) is 0 Å². The van der Waals surface area contributed by atoms with Crippen LogP contribution in [0.3, 0.4) is 0 Å². The van der Waals surface area contributed by atoms with E-state index < -0.39 is 0 Å². The van der Waals surface area contributed by atoms with Crippen LogP contribution in [0.1, 0.15) is 17.1 Å². The first-order valence-corrected chi connectivity index (χ1v) is 6.58. The monoisotopic (exact) mass is 326 g/mol. The zero-order valence-electron chi connectivity index (χ0n) is 10.1. The van der Waals surface area contributed by atoms with Crippen molar-refractivity contribution in [1.29, 1.82) is 0 Å². The van der Waals surface area contributed by atoms with Crippen LogP contribution in [0.5, 0.6) is 5.75 Å². The van der Waals surface area contributed by atoms with Gasteiger partial charge < -0.3 is 4.74 Å². The maximum Gasteiger partial charge on any atom is 0.147 e. The molecule has 3 nitrogen and oxygen atoms in total. The van der Waals surface area contributed by atoms with Gasteiger partial charge in [0.25, 0.3) is 0 Å². The van der Waals surface area contributed by atoms with Gasteiger partial charge in [0.2, 0.25) is 0 Å². The van der Waals surface area contributed by atoms with Crippen molar-refractivity contribution >= 4 is 27.5 Å². The Morgan fingerprint density at radius 3 is 2.44 bits per heavy atom. The summed E-state index contributed by atoms with van der Waals surface area (Å²) in [5.41, 5.74) is 1.96. The molecule has 1 aromatic heterocycles. The lowest BCUT2D eigenvalue weighted by atomic mass is 10.1. The fraction of sp³-hybridized carbons (Fsp3) is 0.231. The van der Waals surface area contributed by atoms with Gasteiger partial charge in [0, 0.05) is 6.42 Å². The molecule has 1 aromatic carbocycles. The summed E-state index contributed by atoms with van der Waals surface area (Å²) in [5.74, 6) is 1.55. The van der Waals surface area contributed by atoms with Crippen molar-refractivity contribution in [3.8, 4) is 5.75 Å². The Morgan fingerprint density at radius 1 is 1.22 bits per heavy atom. The van der Waals surface area contributed by atoms with Gasteiger partial charge >= 0.3 is 0 Å². The van der Waals surface area contributed by atoms with Crippen LogP contribution in [0.4, 0.5) is 0 Å². The number of halogens is 2. The summed E-state index contributed by atoms with van der Waals surface area (Å²) in [6.45, 7) is 1.90. The van der Waals surface area contributed by atoms with E-state index in [-0.39, 0.29) is 0 Å². The number of aryl methyl sites for hydroxylation is 1. The highest BCUT2D eigenvalue weighted by atomic mass is 79.9. The van der Waals surface area contributed by atoms with E-state index in [1.807, 2.05) is 31.2 Å². The molecule has 0 radical (unpaired) electrons. The van der Waals surface area contributed by atoms with Gasteiger partial charge in [-0.3, -0.25) is 0 Å². The third-order valence-electron chi connectivity index (χ3n) is 2.54. The third-order valence-corrected chi connectivity index (χ3v) is 4.00. The minimum atomic E-state index is 0.450. The van der Waals surface area contributed by atoms with E-state index in [0.717, 1.165) is 21.5 Å². The summed E-state index contributed by atoms with van der Waals surface area (Å²) in [6.07, 6.45) is 0.651. The summed E-state index contributed by atoms with van der Waals surface area (Å²) in [7, 11) is 1.65. The molecule has 2 rings (SSSR count). The average molecular weight is 328 g/mol. The van der Waals surface area contributed by atoms with Gasteiger partial charge in [-0.2, -0.15) is 0 Å². The van der Waals surface area contributed by atoms with Crippen molar-refractivity contribution in [2.24, 2.45) is 0 Å². The molecule has 0 aliphatic carbocycles. The fourth-order valence-electron chi connectivity index (χ4n) is 1.58. The third kappa shape index (κ3) is 3.00. The number of aromatic nitrogens is 2. The molecule has 1 heterocycles. The van der Waals surface area contributed by atoms with Crippen molar-refractivity contribution in [2.75, 3.05) is 7.11 Å². The SMILES string of the molecule is COc1ccc(Cc2nc(C)c(Br)c(Cl)n2)cc1. The number of nitrogens with zero attached hydrogens (tertiary/aromatic N) is 2. The van der Waals surface area contributed by atoms with Gasteiger partial charge in [0.15, 0.2) is 0 Å². The summed E-state index contributed by atoms with van der Waals surface area (Å²) in [5, 5.41) is 0.450. The van der Waals surface area contributed by atoms with E-state index in [2.05, 4.69) is 25.9 Å². The Hall–Kier alpha value is -1.13. The summed E-state index contributed by atoms with van der Waals surface area (Å²) in [6, 6.07) is 7.83. The van der Waals surface area contributed by atoms with E-state index in [1.165, 1.54) is 0 Å². The molecular formula is C13H12BrClN2O. The first-order valence-electron chi connectivity index (χ1n) is 5.41. The first kappa shape index (κ1) is 13.3. The molecule has 0 aliphatic rings. The van der Waals surface area contributed by atoms with Gasteiger partial charge in [0.1, 0.15) is 16.7 Å². The van der Waals surface area contributed by atoms with Crippen LogP contribution >= 0.6 is 27.5 Å². The van der Waals surface area contributed by atoms with E-state index in [1.54, 1.807) is 7.11 Å².